The molecule has 0 aliphatic carbocycles. The van der Waals surface area contributed by atoms with Crippen LogP contribution in [0.25, 0.3) is 17.0 Å². The van der Waals surface area contributed by atoms with E-state index in [-0.39, 0.29) is 5.63 Å². The molecular formula is C30H26ClN3O3. The quantitative estimate of drug-likeness (QED) is 0.229. The number of nitrogens with zero attached hydrogens (tertiary/aromatic N) is 3. The van der Waals surface area contributed by atoms with Crippen LogP contribution >= 0.6 is 11.6 Å². The number of rotatable bonds is 6. The lowest BCUT2D eigenvalue weighted by Crippen LogP contribution is -2.37. The van der Waals surface area contributed by atoms with Crippen molar-refractivity contribution in [3.63, 3.8) is 0 Å². The van der Waals surface area contributed by atoms with Gasteiger partial charge in [-0.2, -0.15) is 0 Å². The zero-order chi connectivity index (χ0) is 25.6. The summed E-state index contributed by atoms with van der Waals surface area (Å²) in [4.78, 5) is 24.2. The van der Waals surface area contributed by atoms with E-state index in [9.17, 15) is 4.79 Å². The zero-order valence-corrected chi connectivity index (χ0v) is 21.2. The maximum Gasteiger partial charge on any atom is 0.345 e. The molecule has 2 heterocycles. The Kier molecular flexibility index (Phi) is 7.59. The van der Waals surface area contributed by atoms with Crippen LogP contribution in [0.5, 0.6) is 0 Å². The molecule has 0 unspecified atom stereocenters. The number of aliphatic imine (C=N–C) groups is 2. The van der Waals surface area contributed by atoms with Crippen molar-refractivity contribution in [1.29, 1.82) is 0 Å². The van der Waals surface area contributed by atoms with E-state index in [1.807, 2.05) is 78.9 Å². The molecule has 0 bridgehead atoms. The summed E-state index contributed by atoms with van der Waals surface area (Å²) in [6.07, 6.45) is 5.40. The minimum absolute atomic E-state index is 0.379. The molecule has 0 atom stereocenters. The van der Waals surface area contributed by atoms with Gasteiger partial charge < -0.3 is 14.1 Å². The van der Waals surface area contributed by atoms with Crippen molar-refractivity contribution < 1.29 is 9.15 Å². The number of morpholine rings is 1. The lowest BCUT2D eigenvalue weighted by molar-refractivity contribution is 0.123. The van der Waals surface area contributed by atoms with Crippen LogP contribution in [0.2, 0.25) is 5.02 Å². The minimum Gasteiger partial charge on any atom is -0.422 e. The van der Waals surface area contributed by atoms with Gasteiger partial charge in [-0.3, -0.25) is 9.98 Å². The number of hydrogen-bond acceptors (Lipinski definition) is 6. The number of allylic oxidation sites excluding steroid dienone is 1. The molecule has 1 aliphatic rings. The normalized spacial score (nSPS) is 14.8. The molecule has 0 amide bonds. The van der Waals surface area contributed by atoms with Gasteiger partial charge in [-0.25, -0.2) is 4.79 Å². The van der Waals surface area contributed by atoms with E-state index < -0.39 is 0 Å². The molecule has 5 rings (SSSR count). The Bertz CT molecular complexity index is 1550. The fourth-order valence-corrected chi connectivity index (χ4v) is 4.51. The first-order chi connectivity index (χ1) is 18.1. The Morgan fingerprint density at radius 3 is 2.46 bits per heavy atom. The Morgan fingerprint density at radius 1 is 0.973 bits per heavy atom. The first kappa shape index (κ1) is 24.7. The zero-order valence-electron chi connectivity index (χ0n) is 20.4. The van der Waals surface area contributed by atoms with Crippen LogP contribution < -0.4 is 10.5 Å². The fraction of sp³-hybridized carbons (Fsp3) is 0.167. The highest BCUT2D eigenvalue weighted by Crippen LogP contribution is 2.30. The van der Waals surface area contributed by atoms with Gasteiger partial charge in [-0.05, 0) is 48.0 Å². The molecule has 3 aromatic carbocycles. The molecule has 1 aliphatic heterocycles. The topological polar surface area (TPSA) is 67.4 Å². The van der Waals surface area contributed by atoms with Crippen molar-refractivity contribution >= 4 is 51.9 Å². The van der Waals surface area contributed by atoms with Gasteiger partial charge in [0.1, 0.15) is 5.58 Å². The van der Waals surface area contributed by atoms with E-state index in [2.05, 4.69) is 14.9 Å². The highest BCUT2D eigenvalue weighted by Gasteiger charge is 2.20. The predicted octanol–water partition coefficient (Wildman–Crippen LogP) is 6.17. The molecule has 37 heavy (non-hydrogen) atoms. The SMILES string of the molecule is CN=C(/C=C/c1c(N2CCOCC2)c2ccccc2oc1=O)c1ccc(N=Cc2ccccc2Cl)cc1. The molecule has 186 valence electrons. The first-order valence-electron chi connectivity index (χ1n) is 12.1. The second kappa shape index (κ2) is 11.4. The van der Waals surface area contributed by atoms with Crippen LogP contribution in [0.1, 0.15) is 16.7 Å². The standard InChI is InChI=1S/C30H26ClN3O3/c1-32-27(21-10-12-23(13-11-21)33-20-22-6-2-4-8-26(22)31)15-14-25-29(34-16-18-36-19-17-34)24-7-3-5-9-28(24)37-30(25)35/h2-15,20H,16-19H2,1H3/b15-14+,32-27?,33-20?. The molecule has 1 saturated heterocycles. The number of anilines is 1. The molecule has 7 heteroatoms. The molecule has 1 fully saturated rings. The van der Waals surface area contributed by atoms with E-state index in [1.54, 1.807) is 19.3 Å². The van der Waals surface area contributed by atoms with Gasteiger partial charge in [0.2, 0.25) is 0 Å². The molecule has 0 saturated carbocycles. The molecular weight excluding hydrogens is 486 g/mol. The lowest BCUT2D eigenvalue weighted by atomic mass is 10.1. The van der Waals surface area contributed by atoms with Crippen LogP contribution in [0.4, 0.5) is 11.4 Å². The largest absolute Gasteiger partial charge is 0.422 e. The van der Waals surface area contributed by atoms with Crippen molar-refractivity contribution in [3.8, 4) is 0 Å². The number of fused-ring (bicyclic) bond motifs is 1. The van der Waals surface area contributed by atoms with Gasteiger partial charge >= 0.3 is 5.63 Å². The summed E-state index contributed by atoms with van der Waals surface area (Å²) in [5, 5.41) is 1.56. The molecule has 6 nitrogen and oxygen atoms in total. The van der Waals surface area contributed by atoms with Gasteiger partial charge in [-0.15, -0.1) is 0 Å². The van der Waals surface area contributed by atoms with E-state index in [4.69, 9.17) is 20.8 Å². The third-order valence-electron chi connectivity index (χ3n) is 6.22. The van der Waals surface area contributed by atoms with Gasteiger partial charge in [-0.1, -0.05) is 54.1 Å². The van der Waals surface area contributed by atoms with E-state index in [0.717, 1.165) is 33.6 Å². The van der Waals surface area contributed by atoms with Crippen LogP contribution in [-0.2, 0) is 4.74 Å². The lowest BCUT2D eigenvalue weighted by Gasteiger charge is -2.30. The smallest absolute Gasteiger partial charge is 0.345 e. The second-order valence-corrected chi connectivity index (χ2v) is 8.92. The highest BCUT2D eigenvalue weighted by atomic mass is 35.5. The van der Waals surface area contributed by atoms with Crippen molar-refractivity contribution in [2.75, 3.05) is 38.3 Å². The number of halogens is 1. The van der Waals surface area contributed by atoms with Crippen molar-refractivity contribution in [2.24, 2.45) is 9.98 Å². The van der Waals surface area contributed by atoms with Crippen LogP contribution in [-0.4, -0.2) is 45.3 Å². The summed E-state index contributed by atoms with van der Waals surface area (Å²) in [7, 11) is 1.73. The fourth-order valence-electron chi connectivity index (χ4n) is 4.33. The summed E-state index contributed by atoms with van der Waals surface area (Å²) in [6, 6.07) is 22.9. The average Bonchev–Trinajstić information content (AvgIpc) is 2.94. The average molecular weight is 512 g/mol. The summed E-state index contributed by atoms with van der Waals surface area (Å²) in [5.41, 5.74) is 4.87. The Hall–Kier alpha value is -4.00. The maximum absolute atomic E-state index is 13.1. The van der Waals surface area contributed by atoms with Crippen LogP contribution in [0.15, 0.2) is 98.1 Å². The van der Waals surface area contributed by atoms with Gasteiger partial charge in [0.25, 0.3) is 0 Å². The molecule has 1 aromatic heterocycles. The van der Waals surface area contributed by atoms with E-state index in [0.29, 0.717) is 42.5 Å². The maximum atomic E-state index is 13.1. The summed E-state index contributed by atoms with van der Waals surface area (Å²) in [5.74, 6) is 0. The Labute approximate surface area is 220 Å². The molecule has 0 N–H and O–H groups in total. The highest BCUT2D eigenvalue weighted by molar-refractivity contribution is 6.33. The number of benzene rings is 3. The summed E-state index contributed by atoms with van der Waals surface area (Å²) < 4.78 is 11.2. The number of ether oxygens (including phenoxy) is 1. The van der Waals surface area contributed by atoms with E-state index in [1.165, 1.54) is 0 Å². The second-order valence-electron chi connectivity index (χ2n) is 8.52. The summed E-state index contributed by atoms with van der Waals surface area (Å²) in [6.45, 7) is 2.65. The van der Waals surface area contributed by atoms with Crippen molar-refractivity contribution in [3.05, 3.63) is 111 Å². The predicted molar refractivity (Wildman–Crippen MR) is 152 cm³/mol. The molecule has 0 spiro atoms. The van der Waals surface area contributed by atoms with E-state index >= 15 is 0 Å². The Morgan fingerprint density at radius 2 is 1.70 bits per heavy atom. The van der Waals surface area contributed by atoms with Crippen molar-refractivity contribution in [1.82, 2.24) is 0 Å². The number of para-hydroxylation sites is 1. The number of hydrogen-bond donors (Lipinski definition) is 0. The van der Waals surface area contributed by atoms with Gasteiger partial charge in [0.05, 0.1) is 35.9 Å². The molecule has 4 aromatic rings. The van der Waals surface area contributed by atoms with Crippen LogP contribution in [0.3, 0.4) is 0 Å². The Balaban J connectivity index is 1.44. The van der Waals surface area contributed by atoms with Gasteiger partial charge in [0.15, 0.2) is 0 Å². The van der Waals surface area contributed by atoms with Crippen LogP contribution in [0, 0.1) is 0 Å². The molecule has 0 radical (unpaired) electrons. The van der Waals surface area contributed by atoms with Crippen molar-refractivity contribution in [2.45, 2.75) is 0 Å². The van der Waals surface area contributed by atoms with Gasteiger partial charge in [0, 0.05) is 42.3 Å². The minimum atomic E-state index is -0.379. The summed E-state index contributed by atoms with van der Waals surface area (Å²) >= 11 is 6.21. The third-order valence-corrected chi connectivity index (χ3v) is 6.56. The third kappa shape index (κ3) is 5.56. The monoisotopic (exact) mass is 511 g/mol. The first-order valence-corrected chi connectivity index (χ1v) is 12.4.